The van der Waals surface area contributed by atoms with E-state index in [1.165, 1.54) is 0 Å². The summed E-state index contributed by atoms with van der Waals surface area (Å²) >= 11 is 3.43. The minimum absolute atomic E-state index is 0.788. The number of fused-ring (bicyclic) bond motifs is 1. The Kier molecular flexibility index (Phi) is 3.64. The van der Waals surface area contributed by atoms with E-state index in [-0.39, 0.29) is 0 Å². The van der Waals surface area contributed by atoms with Crippen LogP contribution in [0.1, 0.15) is 11.5 Å². The average molecular weight is 332 g/mol. The fraction of sp³-hybridized carbons (Fsp3) is 0.214. The molecule has 20 heavy (non-hydrogen) atoms. The summed E-state index contributed by atoms with van der Waals surface area (Å²) in [4.78, 5) is 16.3. The Balaban J connectivity index is 1.67. The van der Waals surface area contributed by atoms with E-state index in [4.69, 9.17) is 0 Å². The van der Waals surface area contributed by atoms with Gasteiger partial charge >= 0.3 is 0 Å². The predicted molar refractivity (Wildman–Crippen MR) is 82.8 cm³/mol. The van der Waals surface area contributed by atoms with Crippen molar-refractivity contribution in [3.63, 3.8) is 0 Å². The quantitative estimate of drug-likeness (QED) is 0.771. The molecule has 102 valence electrons. The minimum atomic E-state index is 0.788. The number of nitrogens with one attached hydrogen (secondary N) is 2. The van der Waals surface area contributed by atoms with Crippen LogP contribution in [-0.4, -0.2) is 26.5 Å². The van der Waals surface area contributed by atoms with E-state index in [0.29, 0.717) is 0 Å². The summed E-state index contributed by atoms with van der Waals surface area (Å²) in [7, 11) is 0. The van der Waals surface area contributed by atoms with E-state index in [9.17, 15) is 0 Å². The first kappa shape index (κ1) is 13.1. The fourth-order valence-electron chi connectivity index (χ4n) is 1.99. The van der Waals surface area contributed by atoms with Gasteiger partial charge < -0.3 is 10.3 Å². The Labute approximate surface area is 125 Å². The molecule has 0 unspecified atom stereocenters. The highest BCUT2D eigenvalue weighted by Crippen LogP contribution is 2.17. The van der Waals surface area contributed by atoms with Crippen molar-refractivity contribution < 1.29 is 0 Å². The standard InChI is InChI=1S/C14H14BrN5/c1-9-17-7-11(19-9)4-5-16-14-8-18-13-6-10(15)2-3-12(13)20-14/h2-3,6-8H,4-5H2,1H3,(H,16,20)(H,17,19). The second-order valence-corrected chi connectivity index (χ2v) is 5.47. The van der Waals surface area contributed by atoms with Crippen molar-refractivity contribution >= 4 is 32.8 Å². The lowest BCUT2D eigenvalue weighted by molar-refractivity contribution is 0.959. The van der Waals surface area contributed by atoms with Crippen molar-refractivity contribution in [2.45, 2.75) is 13.3 Å². The smallest absolute Gasteiger partial charge is 0.145 e. The van der Waals surface area contributed by atoms with Gasteiger partial charge in [-0.25, -0.2) is 9.97 Å². The molecule has 3 rings (SSSR count). The summed E-state index contributed by atoms with van der Waals surface area (Å²) < 4.78 is 1.01. The van der Waals surface area contributed by atoms with Gasteiger partial charge in [0.25, 0.3) is 0 Å². The molecule has 0 aliphatic rings. The first-order valence-electron chi connectivity index (χ1n) is 6.37. The first-order valence-corrected chi connectivity index (χ1v) is 7.17. The largest absolute Gasteiger partial charge is 0.368 e. The van der Waals surface area contributed by atoms with Gasteiger partial charge in [-0.05, 0) is 25.1 Å². The molecule has 0 saturated carbocycles. The molecule has 2 heterocycles. The Bertz CT molecular complexity index is 737. The van der Waals surface area contributed by atoms with Crippen LogP contribution in [0, 0.1) is 6.92 Å². The second kappa shape index (κ2) is 5.58. The van der Waals surface area contributed by atoms with Crippen LogP contribution in [0.25, 0.3) is 11.0 Å². The van der Waals surface area contributed by atoms with Crippen molar-refractivity contribution in [2.75, 3.05) is 11.9 Å². The third-order valence-corrected chi connectivity index (χ3v) is 3.45. The van der Waals surface area contributed by atoms with Crippen LogP contribution in [0.3, 0.4) is 0 Å². The molecule has 3 aromatic rings. The van der Waals surface area contributed by atoms with E-state index in [0.717, 1.165) is 45.8 Å². The zero-order chi connectivity index (χ0) is 13.9. The Hall–Kier alpha value is -1.95. The average Bonchev–Trinajstić information content (AvgIpc) is 2.85. The lowest BCUT2D eigenvalue weighted by Crippen LogP contribution is -2.07. The Morgan fingerprint density at radius 3 is 2.90 bits per heavy atom. The highest BCUT2D eigenvalue weighted by atomic mass is 79.9. The molecule has 0 saturated heterocycles. The number of anilines is 1. The van der Waals surface area contributed by atoms with Gasteiger partial charge in [-0.3, -0.25) is 4.98 Å². The van der Waals surface area contributed by atoms with E-state index in [1.54, 1.807) is 6.20 Å². The maximum atomic E-state index is 4.53. The van der Waals surface area contributed by atoms with Crippen molar-refractivity contribution in [1.82, 2.24) is 19.9 Å². The van der Waals surface area contributed by atoms with Gasteiger partial charge in [0, 0.05) is 29.3 Å². The number of hydrogen-bond acceptors (Lipinski definition) is 4. The molecule has 0 atom stereocenters. The van der Waals surface area contributed by atoms with Crippen LogP contribution in [-0.2, 0) is 6.42 Å². The number of aromatic nitrogens is 4. The van der Waals surface area contributed by atoms with E-state index in [1.807, 2.05) is 31.3 Å². The molecule has 2 N–H and O–H groups in total. The van der Waals surface area contributed by atoms with Crippen LogP contribution in [0.2, 0.25) is 0 Å². The van der Waals surface area contributed by atoms with Crippen LogP contribution < -0.4 is 5.32 Å². The number of hydrogen-bond donors (Lipinski definition) is 2. The molecule has 0 aliphatic heterocycles. The molecule has 0 bridgehead atoms. The van der Waals surface area contributed by atoms with Gasteiger partial charge in [0.15, 0.2) is 0 Å². The summed E-state index contributed by atoms with van der Waals surface area (Å²) in [5.41, 5.74) is 2.89. The lowest BCUT2D eigenvalue weighted by atomic mass is 10.3. The molecular formula is C14H14BrN5. The highest BCUT2D eigenvalue weighted by Gasteiger charge is 2.01. The lowest BCUT2D eigenvalue weighted by Gasteiger charge is -2.05. The predicted octanol–water partition coefficient (Wildman–Crippen LogP) is 3.08. The zero-order valence-corrected chi connectivity index (χ0v) is 12.6. The zero-order valence-electron chi connectivity index (χ0n) is 11.0. The number of halogens is 1. The van der Waals surface area contributed by atoms with Gasteiger partial charge in [-0.15, -0.1) is 0 Å². The van der Waals surface area contributed by atoms with E-state index < -0.39 is 0 Å². The van der Waals surface area contributed by atoms with E-state index >= 15 is 0 Å². The Morgan fingerprint density at radius 2 is 2.10 bits per heavy atom. The number of aryl methyl sites for hydroxylation is 1. The highest BCUT2D eigenvalue weighted by molar-refractivity contribution is 9.10. The monoisotopic (exact) mass is 331 g/mol. The third kappa shape index (κ3) is 2.96. The van der Waals surface area contributed by atoms with Crippen LogP contribution in [0.15, 0.2) is 35.1 Å². The number of H-pyrrole nitrogens is 1. The molecule has 0 radical (unpaired) electrons. The van der Waals surface area contributed by atoms with Crippen LogP contribution >= 0.6 is 15.9 Å². The summed E-state index contributed by atoms with van der Waals surface area (Å²) in [6.45, 7) is 2.74. The summed E-state index contributed by atoms with van der Waals surface area (Å²) in [6, 6.07) is 5.88. The maximum absolute atomic E-state index is 4.53. The number of rotatable bonds is 4. The maximum Gasteiger partial charge on any atom is 0.145 e. The van der Waals surface area contributed by atoms with Gasteiger partial charge in [0.2, 0.25) is 0 Å². The molecule has 0 aliphatic carbocycles. The third-order valence-electron chi connectivity index (χ3n) is 2.96. The van der Waals surface area contributed by atoms with E-state index in [2.05, 4.69) is 41.2 Å². The van der Waals surface area contributed by atoms with Crippen LogP contribution in [0.4, 0.5) is 5.82 Å². The van der Waals surface area contributed by atoms with Gasteiger partial charge in [-0.2, -0.15) is 0 Å². The molecular weight excluding hydrogens is 318 g/mol. The minimum Gasteiger partial charge on any atom is -0.368 e. The molecule has 6 heteroatoms. The number of nitrogens with zero attached hydrogens (tertiary/aromatic N) is 3. The first-order chi connectivity index (χ1) is 9.70. The molecule has 5 nitrogen and oxygen atoms in total. The van der Waals surface area contributed by atoms with Crippen molar-refractivity contribution in [2.24, 2.45) is 0 Å². The second-order valence-electron chi connectivity index (χ2n) is 4.56. The van der Waals surface area contributed by atoms with Crippen molar-refractivity contribution in [1.29, 1.82) is 0 Å². The summed E-state index contributed by atoms with van der Waals surface area (Å²) in [5.74, 6) is 1.73. The number of imidazole rings is 1. The molecule has 2 aromatic heterocycles. The number of benzene rings is 1. The fourth-order valence-corrected chi connectivity index (χ4v) is 2.34. The molecule has 0 amide bonds. The SMILES string of the molecule is Cc1ncc(CCNc2cnc3cc(Br)ccc3n2)[nH]1. The van der Waals surface area contributed by atoms with Crippen molar-refractivity contribution in [3.8, 4) is 0 Å². The Morgan fingerprint density at radius 1 is 1.20 bits per heavy atom. The van der Waals surface area contributed by atoms with Crippen molar-refractivity contribution in [3.05, 3.63) is 46.6 Å². The van der Waals surface area contributed by atoms with Gasteiger partial charge in [0.05, 0.1) is 17.2 Å². The van der Waals surface area contributed by atoms with Gasteiger partial charge in [0.1, 0.15) is 11.6 Å². The normalized spacial score (nSPS) is 10.9. The summed E-state index contributed by atoms with van der Waals surface area (Å²) in [5, 5.41) is 3.28. The van der Waals surface area contributed by atoms with Crippen LogP contribution in [0.5, 0.6) is 0 Å². The summed E-state index contributed by atoms with van der Waals surface area (Å²) in [6.07, 6.45) is 4.49. The number of aromatic amines is 1. The van der Waals surface area contributed by atoms with Gasteiger partial charge in [-0.1, -0.05) is 15.9 Å². The molecule has 0 spiro atoms. The molecule has 1 aromatic carbocycles. The topological polar surface area (TPSA) is 66.5 Å². The molecule has 0 fully saturated rings.